The third-order valence-electron chi connectivity index (χ3n) is 6.13. The zero-order valence-electron chi connectivity index (χ0n) is 13.3. The second-order valence-electron chi connectivity index (χ2n) is 7.24. The third kappa shape index (κ3) is 1.77. The highest BCUT2D eigenvalue weighted by Crippen LogP contribution is 2.46. The van der Waals surface area contributed by atoms with Gasteiger partial charge in [-0.15, -0.1) is 0 Å². The van der Waals surface area contributed by atoms with E-state index >= 15 is 0 Å². The Bertz CT molecular complexity index is 782. The topological polar surface area (TPSA) is 50.2 Å². The fourth-order valence-corrected chi connectivity index (χ4v) is 4.92. The van der Waals surface area contributed by atoms with Crippen LogP contribution in [0.15, 0.2) is 24.3 Å². The number of anilines is 1. The molecule has 3 aliphatic rings. The molecule has 120 valence electrons. The quantitative estimate of drug-likeness (QED) is 0.878. The lowest BCUT2D eigenvalue weighted by Crippen LogP contribution is -2.49. The van der Waals surface area contributed by atoms with Gasteiger partial charge in [0.05, 0.1) is 16.4 Å². The standard InChI is InChI=1S/C18H22N4O/c23-16(18-8-4-3-5-13(18)11-19-12-18)22-10-9-21-15-7-2-1-6-14(15)20-17(21)22/h1-2,6-7,13,19H,3-5,8-12H2/t13-,18+/m0/s1. The first-order chi connectivity index (χ1) is 11.3. The largest absolute Gasteiger partial charge is 0.315 e. The minimum absolute atomic E-state index is 0.189. The van der Waals surface area contributed by atoms with E-state index in [1.807, 2.05) is 23.1 Å². The number of carbonyl (C=O) groups excluding carboxylic acids is 1. The average Bonchev–Trinajstić information content (AvgIpc) is 3.27. The van der Waals surface area contributed by atoms with E-state index < -0.39 is 0 Å². The van der Waals surface area contributed by atoms with Crippen molar-refractivity contribution in [3.05, 3.63) is 24.3 Å². The summed E-state index contributed by atoms with van der Waals surface area (Å²) in [6, 6.07) is 8.17. The summed E-state index contributed by atoms with van der Waals surface area (Å²) in [5.41, 5.74) is 1.94. The van der Waals surface area contributed by atoms with Gasteiger partial charge in [-0.05, 0) is 37.4 Å². The van der Waals surface area contributed by atoms with Crippen LogP contribution in [0, 0.1) is 11.3 Å². The molecule has 0 spiro atoms. The highest BCUT2D eigenvalue weighted by molar-refractivity contribution is 5.99. The van der Waals surface area contributed by atoms with Gasteiger partial charge in [0.25, 0.3) is 0 Å². The molecule has 3 heterocycles. The molecule has 2 fully saturated rings. The van der Waals surface area contributed by atoms with Crippen molar-refractivity contribution in [1.82, 2.24) is 14.9 Å². The van der Waals surface area contributed by atoms with Crippen molar-refractivity contribution in [2.45, 2.75) is 32.2 Å². The molecule has 2 aromatic rings. The van der Waals surface area contributed by atoms with Crippen LogP contribution in [-0.4, -0.2) is 35.1 Å². The molecule has 0 bridgehead atoms. The molecule has 5 nitrogen and oxygen atoms in total. The molecule has 2 atom stereocenters. The maximum atomic E-state index is 13.5. The molecule has 5 rings (SSSR count). The van der Waals surface area contributed by atoms with Crippen LogP contribution >= 0.6 is 0 Å². The Morgan fingerprint density at radius 1 is 1.26 bits per heavy atom. The molecule has 1 aromatic carbocycles. The molecular weight excluding hydrogens is 288 g/mol. The van der Waals surface area contributed by atoms with E-state index in [1.165, 1.54) is 19.3 Å². The Hall–Kier alpha value is -1.88. The van der Waals surface area contributed by atoms with Crippen molar-refractivity contribution in [2.75, 3.05) is 24.5 Å². The third-order valence-corrected chi connectivity index (χ3v) is 6.13. The Morgan fingerprint density at radius 3 is 3.13 bits per heavy atom. The highest BCUT2D eigenvalue weighted by Gasteiger charge is 2.52. The lowest BCUT2D eigenvalue weighted by atomic mass is 9.67. The van der Waals surface area contributed by atoms with Gasteiger partial charge in [-0.2, -0.15) is 0 Å². The number of nitrogens with one attached hydrogen (secondary N) is 1. The van der Waals surface area contributed by atoms with E-state index in [-0.39, 0.29) is 5.41 Å². The molecule has 1 amide bonds. The summed E-state index contributed by atoms with van der Waals surface area (Å²) >= 11 is 0. The lowest BCUT2D eigenvalue weighted by molar-refractivity contribution is -0.131. The molecule has 1 N–H and O–H groups in total. The number of rotatable bonds is 1. The van der Waals surface area contributed by atoms with E-state index in [0.717, 1.165) is 49.6 Å². The van der Waals surface area contributed by atoms with Crippen molar-refractivity contribution >= 4 is 22.9 Å². The Balaban J connectivity index is 1.55. The van der Waals surface area contributed by atoms with Gasteiger partial charge in [-0.3, -0.25) is 9.69 Å². The first-order valence-corrected chi connectivity index (χ1v) is 8.77. The fourth-order valence-electron chi connectivity index (χ4n) is 4.92. The monoisotopic (exact) mass is 310 g/mol. The summed E-state index contributed by atoms with van der Waals surface area (Å²) in [6.45, 7) is 3.46. The highest BCUT2D eigenvalue weighted by atomic mass is 16.2. The average molecular weight is 310 g/mol. The summed E-state index contributed by atoms with van der Waals surface area (Å²) < 4.78 is 2.20. The van der Waals surface area contributed by atoms with Crippen molar-refractivity contribution in [2.24, 2.45) is 11.3 Å². The van der Waals surface area contributed by atoms with Crippen LogP contribution in [-0.2, 0) is 11.3 Å². The molecule has 1 saturated heterocycles. The van der Waals surface area contributed by atoms with E-state index in [4.69, 9.17) is 4.98 Å². The van der Waals surface area contributed by atoms with Crippen LogP contribution in [0.3, 0.4) is 0 Å². The van der Waals surface area contributed by atoms with Crippen LogP contribution in [0.25, 0.3) is 11.0 Å². The minimum Gasteiger partial charge on any atom is -0.315 e. The van der Waals surface area contributed by atoms with E-state index in [9.17, 15) is 4.79 Å². The summed E-state index contributed by atoms with van der Waals surface area (Å²) in [5.74, 6) is 1.66. The second kappa shape index (κ2) is 4.81. The van der Waals surface area contributed by atoms with Crippen molar-refractivity contribution in [3.63, 3.8) is 0 Å². The number of benzene rings is 1. The van der Waals surface area contributed by atoms with Crippen molar-refractivity contribution in [1.29, 1.82) is 0 Å². The Morgan fingerprint density at radius 2 is 2.17 bits per heavy atom. The molecule has 1 aliphatic carbocycles. The number of aromatic nitrogens is 2. The smallest absolute Gasteiger partial charge is 0.237 e. The van der Waals surface area contributed by atoms with Gasteiger partial charge in [0, 0.05) is 19.6 Å². The summed E-state index contributed by atoms with van der Waals surface area (Å²) in [4.78, 5) is 20.2. The minimum atomic E-state index is -0.189. The molecule has 23 heavy (non-hydrogen) atoms. The van der Waals surface area contributed by atoms with Gasteiger partial charge in [0.15, 0.2) is 0 Å². The van der Waals surface area contributed by atoms with E-state index in [1.54, 1.807) is 0 Å². The van der Waals surface area contributed by atoms with Crippen LogP contribution in [0.2, 0.25) is 0 Å². The van der Waals surface area contributed by atoms with Gasteiger partial charge in [0.2, 0.25) is 11.9 Å². The molecule has 1 saturated carbocycles. The molecule has 0 radical (unpaired) electrons. The normalized spacial score (nSPS) is 29.7. The number of carbonyl (C=O) groups is 1. The lowest BCUT2D eigenvalue weighted by Gasteiger charge is -2.39. The Labute approximate surface area is 135 Å². The SMILES string of the molecule is O=C(N1CCn2c1nc1ccccc12)[C@@]12CCCC[C@H]1CNC2. The number of fused-ring (bicyclic) bond motifs is 4. The Kier molecular flexibility index (Phi) is 2.83. The zero-order valence-corrected chi connectivity index (χ0v) is 13.3. The zero-order chi connectivity index (χ0) is 15.4. The predicted molar refractivity (Wildman–Crippen MR) is 89.3 cm³/mol. The maximum Gasteiger partial charge on any atom is 0.237 e. The van der Waals surface area contributed by atoms with Crippen molar-refractivity contribution < 1.29 is 4.79 Å². The van der Waals surface area contributed by atoms with Crippen LogP contribution in [0.4, 0.5) is 5.95 Å². The van der Waals surface area contributed by atoms with Gasteiger partial charge < -0.3 is 9.88 Å². The second-order valence-corrected chi connectivity index (χ2v) is 7.24. The number of hydrogen-bond donors (Lipinski definition) is 1. The predicted octanol–water partition coefficient (Wildman–Crippen LogP) is 2.16. The molecule has 0 unspecified atom stereocenters. The summed E-state index contributed by atoms with van der Waals surface area (Å²) in [5, 5.41) is 3.49. The van der Waals surface area contributed by atoms with Crippen molar-refractivity contribution in [3.8, 4) is 0 Å². The van der Waals surface area contributed by atoms with Gasteiger partial charge in [-0.1, -0.05) is 25.0 Å². The number of imidazole rings is 1. The van der Waals surface area contributed by atoms with E-state index in [2.05, 4.69) is 16.0 Å². The van der Waals surface area contributed by atoms with Gasteiger partial charge in [-0.25, -0.2) is 4.98 Å². The molecule has 1 aromatic heterocycles. The van der Waals surface area contributed by atoms with Crippen LogP contribution in [0.5, 0.6) is 0 Å². The van der Waals surface area contributed by atoms with Crippen LogP contribution < -0.4 is 10.2 Å². The summed E-state index contributed by atoms with van der Waals surface area (Å²) in [6.07, 6.45) is 4.65. The van der Waals surface area contributed by atoms with Crippen LogP contribution in [0.1, 0.15) is 25.7 Å². The fraction of sp³-hybridized carbons (Fsp3) is 0.556. The number of amides is 1. The summed E-state index contributed by atoms with van der Waals surface area (Å²) in [7, 11) is 0. The number of para-hydroxylation sites is 2. The molecule has 5 heteroatoms. The van der Waals surface area contributed by atoms with E-state index in [0.29, 0.717) is 11.8 Å². The number of nitrogens with zero attached hydrogens (tertiary/aromatic N) is 3. The first kappa shape index (κ1) is 13.5. The molecule has 2 aliphatic heterocycles. The maximum absolute atomic E-state index is 13.5. The molecular formula is C18H22N4O. The van der Waals surface area contributed by atoms with Gasteiger partial charge >= 0.3 is 0 Å². The number of hydrogen-bond acceptors (Lipinski definition) is 3. The first-order valence-electron chi connectivity index (χ1n) is 8.77. The van der Waals surface area contributed by atoms with Gasteiger partial charge in [0.1, 0.15) is 0 Å².